The quantitative estimate of drug-likeness (QED) is 0.601. The lowest BCUT2D eigenvalue weighted by Crippen LogP contribution is -2.35. The van der Waals surface area contributed by atoms with Crippen LogP contribution in [-0.2, 0) is 4.74 Å². The minimum Gasteiger partial charge on any atom is -0.459 e. The van der Waals surface area contributed by atoms with E-state index in [9.17, 15) is 14.4 Å². The van der Waals surface area contributed by atoms with Crippen LogP contribution in [0.15, 0.2) is 18.2 Å². The summed E-state index contributed by atoms with van der Waals surface area (Å²) in [6.45, 7) is 15.6. The van der Waals surface area contributed by atoms with Crippen LogP contribution in [0.2, 0.25) is 0 Å². The Morgan fingerprint density at radius 3 is 1.61 bits per heavy atom. The van der Waals surface area contributed by atoms with Crippen molar-refractivity contribution in [3.63, 3.8) is 0 Å². The van der Waals surface area contributed by atoms with Gasteiger partial charge in [-0.3, -0.25) is 9.59 Å². The van der Waals surface area contributed by atoms with Gasteiger partial charge in [0.1, 0.15) is 0 Å². The molecule has 28 heavy (non-hydrogen) atoms. The van der Waals surface area contributed by atoms with Crippen LogP contribution in [0.3, 0.4) is 0 Å². The summed E-state index contributed by atoms with van der Waals surface area (Å²) in [5.74, 6) is -0.617. The third-order valence-corrected chi connectivity index (χ3v) is 4.31. The maximum atomic E-state index is 13.0. The SMILES string of the molecule is CCN(CC)C(=O)c1cc(C(=O)OC(C)C)cc(C(=O)N(CC)CC(C)C)c1. The molecule has 0 aliphatic carbocycles. The number of rotatable bonds is 9. The lowest BCUT2D eigenvalue weighted by molar-refractivity contribution is 0.0378. The second-order valence-electron chi connectivity index (χ2n) is 7.47. The molecular formula is C22H34N2O4. The van der Waals surface area contributed by atoms with E-state index in [-0.39, 0.29) is 23.5 Å². The highest BCUT2D eigenvalue weighted by Gasteiger charge is 2.22. The number of amides is 2. The molecule has 0 radical (unpaired) electrons. The van der Waals surface area contributed by atoms with E-state index >= 15 is 0 Å². The van der Waals surface area contributed by atoms with E-state index in [4.69, 9.17) is 4.74 Å². The van der Waals surface area contributed by atoms with Crippen molar-refractivity contribution in [2.24, 2.45) is 5.92 Å². The van der Waals surface area contributed by atoms with Crippen LogP contribution in [0.1, 0.15) is 79.5 Å². The van der Waals surface area contributed by atoms with Crippen LogP contribution < -0.4 is 0 Å². The third-order valence-electron chi connectivity index (χ3n) is 4.31. The molecule has 0 unspecified atom stereocenters. The number of hydrogen-bond donors (Lipinski definition) is 0. The summed E-state index contributed by atoms with van der Waals surface area (Å²) in [5.41, 5.74) is 0.873. The van der Waals surface area contributed by atoms with Gasteiger partial charge in [-0.15, -0.1) is 0 Å². The van der Waals surface area contributed by atoms with Crippen molar-refractivity contribution in [3.05, 3.63) is 34.9 Å². The molecule has 0 bridgehead atoms. The first-order chi connectivity index (χ1) is 13.1. The summed E-state index contributed by atoms with van der Waals surface area (Å²) in [5, 5.41) is 0. The van der Waals surface area contributed by atoms with Crippen LogP contribution in [-0.4, -0.2) is 59.9 Å². The van der Waals surface area contributed by atoms with Crippen LogP contribution >= 0.6 is 0 Å². The predicted molar refractivity (Wildman–Crippen MR) is 111 cm³/mol. The zero-order valence-electron chi connectivity index (χ0n) is 18.2. The second kappa shape index (κ2) is 10.8. The summed E-state index contributed by atoms with van der Waals surface area (Å²) >= 11 is 0. The maximum absolute atomic E-state index is 13.0. The molecule has 1 aromatic rings. The fourth-order valence-corrected chi connectivity index (χ4v) is 2.95. The number of benzene rings is 1. The number of hydrogen-bond acceptors (Lipinski definition) is 4. The highest BCUT2D eigenvalue weighted by Crippen LogP contribution is 2.17. The molecule has 0 fully saturated rings. The Bertz CT molecular complexity index is 694. The molecule has 0 aromatic heterocycles. The van der Waals surface area contributed by atoms with Crippen LogP contribution in [0, 0.1) is 5.92 Å². The Morgan fingerprint density at radius 1 is 0.786 bits per heavy atom. The van der Waals surface area contributed by atoms with Gasteiger partial charge >= 0.3 is 5.97 Å². The van der Waals surface area contributed by atoms with Gasteiger partial charge in [0.2, 0.25) is 0 Å². The van der Waals surface area contributed by atoms with Gasteiger partial charge in [-0.25, -0.2) is 4.79 Å². The lowest BCUT2D eigenvalue weighted by atomic mass is 10.0. The Hall–Kier alpha value is -2.37. The van der Waals surface area contributed by atoms with Gasteiger partial charge in [-0.1, -0.05) is 13.8 Å². The summed E-state index contributed by atoms with van der Waals surface area (Å²) in [7, 11) is 0. The molecule has 6 nitrogen and oxygen atoms in total. The first-order valence-electron chi connectivity index (χ1n) is 10.1. The maximum Gasteiger partial charge on any atom is 0.338 e. The average Bonchev–Trinajstić information content (AvgIpc) is 2.65. The molecule has 0 atom stereocenters. The molecule has 0 N–H and O–H groups in total. The van der Waals surface area contributed by atoms with Gasteiger partial charge in [-0.2, -0.15) is 0 Å². The first-order valence-corrected chi connectivity index (χ1v) is 10.1. The van der Waals surface area contributed by atoms with Gasteiger partial charge in [0.15, 0.2) is 0 Å². The van der Waals surface area contributed by atoms with Crippen molar-refractivity contribution in [1.82, 2.24) is 9.80 Å². The second-order valence-corrected chi connectivity index (χ2v) is 7.47. The van der Waals surface area contributed by atoms with Crippen molar-refractivity contribution < 1.29 is 19.1 Å². The summed E-state index contributed by atoms with van der Waals surface area (Å²) < 4.78 is 5.28. The smallest absolute Gasteiger partial charge is 0.338 e. The predicted octanol–water partition coefficient (Wildman–Crippen LogP) is 3.85. The van der Waals surface area contributed by atoms with Crippen LogP contribution in [0.25, 0.3) is 0 Å². The average molecular weight is 391 g/mol. The lowest BCUT2D eigenvalue weighted by Gasteiger charge is -2.24. The van der Waals surface area contributed by atoms with E-state index in [1.165, 1.54) is 12.1 Å². The number of carbonyl (C=O) groups is 3. The van der Waals surface area contributed by atoms with E-state index in [1.807, 2.05) is 34.6 Å². The summed E-state index contributed by atoms with van der Waals surface area (Å²) in [6.07, 6.45) is -0.290. The number of ether oxygens (including phenoxy) is 1. The summed E-state index contributed by atoms with van der Waals surface area (Å²) in [6, 6.07) is 4.62. The molecule has 0 heterocycles. The topological polar surface area (TPSA) is 66.9 Å². The molecule has 0 aliphatic rings. The highest BCUT2D eigenvalue weighted by molar-refractivity contribution is 6.03. The van der Waals surface area contributed by atoms with Crippen LogP contribution in [0.4, 0.5) is 0 Å². The Balaban J connectivity index is 3.41. The van der Waals surface area contributed by atoms with Gasteiger partial charge in [-0.05, 0) is 58.7 Å². The van der Waals surface area contributed by atoms with Gasteiger partial charge < -0.3 is 14.5 Å². The number of carbonyl (C=O) groups excluding carboxylic acids is 3. The number of esters is 1. The largest absolute Gasteiger partial charge is 0.459 e. The normalized spacial score (nSPS) is 10.9. The third kappa shape index (κ3) is 6.36. The van der Waals surface area contributed by atoms with Crippen molar-refractivity contribution >= 4 is 17.8 Å². The standard InChI is InChI=1S/C22H34N2O4/c1-8-23(9-2)20(25)17-11-18(21(26)24(10-3)14-15(4)5)13-19(12-17)22(27)28-16(6)7/h11-13,15-16H,8-10,14H2,1-7H3. The first kappa shape index (κ1) is 23.7. The van der Waals surface area contributed by atoms with Crippen molar-refractivity contribution in [1.29, 1.82) is 0 Å². The van der Waals surface area contributed by atoms with Gasteiger partial charge in [0.25, 0.3) is 11.8 Å². The van der Waals surface area contributed by atoms with Crippen molar-refractivity contribution in [2.75, 3.05) is 26.2 Å². The van der Waals surface area contributed by atoms with E-state index in [0.717, 1.165) is 0 Å². The zero-order valence-corrected chi connectivity index (χ0v) is 18.2. The fourth-order valence-electron chi connectivity index (χ4n) is 2.95. The van der Waals surface area contributed by atoms with Gasteiger partial charge in [0, 0.05) is 37.3 Å². The molecule has 6 heteroatoms. The van der Waals surface area contributed by atoms with Crippen molar-refractivity contribution in [2.45, 2.75) is 54.6 Å². The molecule has 1 rings (SSSR count). The minimum atomic E-state index is -0.537. The minimum absolute atomic E-state index is 0.191. The zero-order chi connectivity index (χ0) is 21.4. The van der Waals surface area contributed by atoms with E-state index < -0.39 is 5.97 Å². The Labute approximate surface area is 168 Å². The van der Waals surface area contributed by atoms with Gasteiger partial charge in [0.05, 0.1) is 11.7 Å². The molecule has 0 aliphatic heterocycles. The highest BCUT2D eigenvalue weighted by atomic mass is 16.5. The summed E-state index contributed by atoms with van der Waals surface area (Å²) in [4.78, 5) is 41.7. The Kier molecular flexibility index (Phi) is 9.16. The van der Waals surface area contributed by atoms with Crippen molar-refractivity contribution in [3.8, 4) is 0 Å². The fraction of sp³-hybridized carbons (Fsp3) is 0.591. The molecule has 2 amide bonds. The van der Waals surface area contributed by atoms with Crippen LogP contribution in [0.5, 0.6) is 0 Å². The molecule has 0 saturated heterocycles. The number of nitrogens with zero attached hydrogens (tertiary/aromatic N) is 2. The molecule has 1 aromatic carbocycles. The van der Waals surface area contributed by atoms with E-state index in [1.54, 1.807) is 29.7 Å². The monoisotopic (exact) mass is 390 g/mol. The molecular weight excluding hydrogens is 356 g/mol. The Morgan fingerprint density at radius 2 is 1.21 bits per heavy atom. The molecule has 0 spiro atoms. The molecule has 0 saturated carbocycles. The van der Waals surface area contributed by atoms with E-state index in [2.05, 4.69) is 0 Å². The molecule has 156 valence electrons. The van der Waals surface area contributed by atoms with E-state index in [0.29, 0.717) is 43.2 Å².